The van der Waals surface area contributed by atoms with Crippen LogP contribution in [0.4, 0.5) is 11.4 Å². The van der Waals surface area contributed by atoms with Crippen molar-refractivity contribution in [2.45, 2.75) is 13.8 Å². The predicted molar refractivity (Wildman–Crippen MR) is 101 cm³/mol. The van der Waals surface area contributed by atoms with Crippen LogP contribution in [0.2, 0.25) is 0 Å². The van der Waals surface area contributed by atoms with Crippen LogP contribution in [-0.4, -0.2) is 33.9 Å². The van der Waals surface area contributed by atoms with Crippen molar-refractivity contribution >= 4 is 23.2 Å². The summed E-state index contributed by atoms with van der Waals surface area (Å²) in [5.74, 6) is 0.165. The fourth-order valence-corrected chi connectivity index (χ4v) is 2.56. The van der Waals surface area contributed by atoms with Crippen LogP contribution in [0, 0.1) is 6.92 Å². The maximum Gasteiger partial charge on any atom is 0.278 e. The molecule has 2 aromatic carbocycles. The summed E-state index contributed by atoms with van der Waals surface area (Å²) in [6.45, 7) is 3.21. The zero-order valence-electron chi connectivity index (χ0n) is 15.2. The lowest BCUT2D eigenvalue weighted by molar-refractivity contribution is -0.114. The molecule has 0 aliphatic carbocycles. The van der Waals surface area contributed by atoms with Crippen molar-refractivity contribution < 1.29 is 14.3 Å². The fourth-order valence-electron chi connectivity index (χ4n) is 2.56. The summed E-state index contributed by atoms with van der Waals surface area (Å²) in [5.41, 5.74) is 2.82. The number of aromatic nitrogens is 3. The van der Waals surface area contributed by atoms with Crippen LogP contribution in [0.3, 0.4) is 0 Å². The van der Waals surface area contributed by atoms with Crippen molar-refractivity contribution in [1.29, 1.82) is 0 Å². The SMILES string of the molecule is COc1cccc(-n2nnc(C(=O)Nc3ccc(NC(C)=O)cc3)c2C)c1. The van der Waals surface area contributed by atoms with Gasteiger partial charge in [-0.2, -0.15) is 0 Å². The van der Waals surface area contributed by atoms with Gasteiger partial charge in [0.1, 0.15) is 5.75 Å². The van der Waals surface area contributed by atoms with Gasteiger partial charge in [0.05, 0.1) is 18.5 Å². The smallest absolute Gasteiger partial charge is 0.278 e. The monoisotopic (exact) mass is 365 g/mol. The standard InChI is InChI=1S/C19H19N5O3/c1-12-18(22-23-24(12)16-5-4-6-17(11-16)27-3)19(26)21-15-9-7-14(8-10-15)20-13(2)25/h4-11H,1-3H3,(H,20,25)(H,21,26). The summed E-state index contributed by atoms with van der Waals surface area (Å²) in [6.07, 6.45) is 0. The van der Waals surface area contributed by atoms with E-state index in [0.29, 0.717) is 22.8 Å². The summed E-state index contributed by atoms with van der Waals surface area (Å²) >= 11 is 0. The first-order valence-electron chi connectivity index (χ1n) is 8.23. The Kier molecular flexibility index (Phi) is 5.16. The molecule has 0 radical (unpaired) electrons. The molecule has 0 aliphatic rings. The molecule has 0 saturated heterocycles. The van der Waals surface area contributed by atoms with Crippen molar-refractivity contribution in [3.63, 3.8) is 0 Å². The molecule has 0 unspecified atom stereocenters. The number of carbonyl (C=O) groups excluding carboxylic acids is 2. The van der Waals surface area contributed by atoms with Crippen LogP contribution >= 0.6 is 0 Å². The zero-order chi connectivity index (χ0) is 19.4. The number of hydrogen-bond donors (Lipinski definition) is 2. The summed E-state index contributed by atoms with van der Waals surface area (Å²) in [4.78, 5) is 23.6. The van der Waals surface area contributed by atoms with Crippen LogP contribution < -0.4 is 15.4 Å². The lowest BCUT2D eigenvalue weighted by Gasteiger charge is -2.07. The topological polar surface area (TPSA) is 98.1 Å². The zero-order valence-corrected chi connectivity index (χ0v) is 15.2. The number of benzene rings is 2. The molecular weight excluding hydrogens is 346 g/mol. The first kappa shape index (κ1) is 18.1. The molecule has 0 atom stereocenters. The average Bonchev–Trinajstić information content (AvgIpc) is 3.04. The molecule has 0 aliphatic heterocycles. The third-order valence-corrected chi connectivity index (χ3v) is 3.87. The van der Waals surface area contributed by atoms with Crippen LogP contribution in [-0.2, 0) is 4.79 Å². The first-order chi connectivity index (χ1) is 13.0. The summed E-state index contributed by atoms with van der Waals surface area (Å²) in [5, 5.41) is 13.5. The minimum atomic E-state index is -0.367. The van der Waals surface area contributed by atoms with E-state index in [1.54, 1.807) is 43.0 Å². The van der Waals surface area contributed by atoms with Gasteiger partial charge in [-0.3, -0.25) is 9.59 Å². The summed E-state index contributed by atoms with van der Waals surface area (Å²) in [6, 6.07) is 14.1. The predicted octanol–water partition coefficient (Wildman–Crippen LogP) is 2.80. The Morgan fingerprint density at radius 3 is 2.33 bits per heavy atom. The Morgan fingerprint density at radius 2 is 1.70 bits per heavy atom. The van der Waals surface area contributed by atoms with Gasteiger partial charge in [0, 0.05) is 24.4 Å². The van der Waals surface area contributed by atoms with Gasteiger partial charge in [0.2, 0.25) is 5.91 Å². The molecule has 1 heterocycles. The van der Waals surface area contributed by atoms with E-state index in [9.17, 15) is 9.59 Å². The number of methoxy groups -OCH3 is 1. The Morgan fingerprint density at radius 1 is 1.04 bits per heavy atom. The highest BCUT2D eigenvalue weighted by Gasteiger charge is 2.17. The molecule has 2 N–H and O–H groups in total. The second kappa shape index (κ2) is 7.69. The van der Waals surface area contributed by atoms with Crippen molar-refractivity contribution in [3.05, 3.63) is 59.9 Å². The van der Waals surface area contributed by atoms with Gasteiger partial charge in [-0.25, -0.2) is 4.68 Å². The van der Waals surface area contributed by atoms with Crippen LogP contribution in [0.5, 0.6) is 5.75 Å². The lowest BCUT2D eigenvalue weighted by atomic mass is 10.2. The maximum atomic E-state index is 12.5. The molecule has 3 rings (SSSR count). The Bertz CT molecular complexity index is 979. The van der Waals surface area contributed by atoms with Gasteiger partial charge in [0.25, 0.3) is 5.91 Å². The van der Waals surface area contributed by atoms with E-state index >= 15 is 0 Å². The second-order valence-electron chi connectivity index (χ2n) is 5.85. The molecule has 2 amide bonds. The molecule has 3 aromatic rings. The van der Waals surface area contributed by atoms with E-state index in [4.69, 9.17) is 4.74 Å². The number of hydrogen-bond acceptors (Lipinski definition) is 5. The number of carbonyl (C=O) groups is 2. The van der Waals surface area contributed by atoms with Crippen molar-refractivity contribution in [3.8, 4) is 11.4 Å². The number of nitrogens with one attached hydrogen (secondary N) is 2. The van der Waals surface area contributed by atoms with Gasteiger partial charge in [-0.15, -0.1) is 5.10 Å². The quantitative estimate of drug-likeness (QED) is 0.724. The maximum absolute atomic E-state index is 12.5. The molecule has 0 bridgehead atoms. The molecule has 8 heteroatoms. The highest BCUT2D eigenvalue weighted by molar-refractivity contribution is 6.03. The Balaban J connectivity index is 1.77. The molecular formula is C19H19N5O3. The molecule has 0 saturated carbocycles. The van der Waals surface area contributed by atoms with E-state index in [-0.39, 0.29) is 17.5 Å². The Labute approximate surface area is 156 Å². The molecule has 1 aromatic heterocycles. The number of ether oxygens (including phenoxy) is 1. The minimum Gasteiger partial charge on any atom is -0.497 e. The first-order valence-corrected chi connectivity index (χ1v) is 8.23. The number of rotatable bonds is 5. The molecule has 8 nitrogen and oxygen atoms in total. The van der Waals surface area contributed by atoms with E-state index < -0.39 is 0 Å². The fraction of sp³-hybridized carbons (Fsp3) is 0.158. The Hall–Kier alpha value is -3.68. The van der Waals surface area contributed by atoms with Crippen molar-refractivity contribution in [2.24, 2.45) is 0 Å². The van der Waals surface area contributed by atoms with Gasteiger partial charge in [-0.05, 0) is 43.3 Å². The molecule has 0 fully saturated rings. The van der Waals surface area contributed by atoms with Gasteiger partial charge >= 0.3 is 0 Å². The normalized spacial score (nSPS) is 10.3. The molecule has 27 heavy (non-hydrogen) atoms. The van der Waals surface area contributed by atoms with Crippen LogP contribution in [0.15, 0.2) is 48.5 Å². The molecule has 138 valence electrons. The third-order valence-electron chi connectivity index (χ3n) is 3.87. The molecule has 0 spiro atoms. The summed E-state index contributed by atoms with van der Waals surface area (Å²) < 4.78 is 6.80. The lowest BCUT2D eigenvalue weighted by Crippen LogP contribution is -2.14. The number of nitrogens with zero attached hydrogens (tertiary/aromatic N) is 3. The van der Waals surface area contributed by atoms with E-state index in [1.807, 2.05) is 24.3 Å². The number of anilines is 2. The van der Waals surface area contributed by atoms with Crippen LogP contribution in [0.1, 0.15) is 23.1 Å². The van der Waals surface area contributed by atoms with Crippen molar-refractivity contribution in [2.75, 3.05) is 17.7 Å². The average molecular weight is 365 g/mol. The van der Waals surface area contributed by atoms with Crippen LogP contribution in [0.25, 0.3) is 5.69 Å². The van der Waals surface area contributed by atoms with Gasteiger partial charge in [-0.1, -0.05) is 11.3 Å². The minimum absolute atomic E-state index is 0.156. The van der Waals surface area contributed by atoms with E-state index in [0.717, 1.165) is 5.69 Å². The van der Waals surface area contributed by atoms with Gasteiger partial charge < -0.3 is 15.4 Å². The van der Waals surface area contributed by atoms with E-state index in [2.05, 4.69) is 20.9 Å². The largest absolute Gasteiger partial charge is 0.497 e. The summed E-state index contributed by atoms with van der Waals surface area (Å²) in [7, 11) is 1.59. The van der Waals surface area contributed by atoms with Crippen molar-refractivity contribution in [1.82, 2.24) is 15.0 Å². The van der Waals surface area contributed by atoms with Gasteiger partial charge in [0.15, 0.2) is 5.69 Å². The van der Waals surface area contributed by atoms with E-state index in [1.165, 1.54) is 6.92 Å². The highest BCUT2D eigenvalue weighted by Crippen LogP contribution is 2.19. The highest BCUT2D eigenvalue weighted by atomic mass is 16.5. The number of amides is 2. The second-order valence-corrected chi connectivity index (χ2v) is 5.85. The third kappa shape index (κ3) is 4.12.